The Morgan fingerprint density at radius 1 is 0.737 bits per heavy atom. The number of carbonyl (C=O) groups is 1. The van der Waals surface area contributed by atoms with Gasteiger partial charge < -0.3 is 4.90 Å². The Morgan fingerprint density at radius 3 is 1.89 bits per heavy atom. The summed E-state index contributed by atoms with van der Waals surface area (Å²) in [6.07, 6.45) is -3.16. The predicted octanol–water partition coefficient (Wildman–Crippen LogP) is 5.83. The second kappa shape index (κ2) is 9.32. The summed E-state index contributed by atoms with van der Waals surface area (Å²) >= 11 is 0. The average Bonchev–Trinajstić information content (AvgIpc) is 3.55. The van der Waals surface area contributed by atoms with Crippen LogP contribution in [0.2, 0.25) is 0 Å². The standard InChI is InChI=1S/C25H16F6N6O/c26-24(27,28)17-6-8-19(33-14-17)35-11-10-32-21(35)22-36(20-9-7-18(15-34-20)25(29,30)31)12-13-37(22)23(38)16-4-2-1-3-5-16/h1-15,22H. The molecule has 0 aliphatic carbocycles. The molecule has 1 aliphatic rings. The van der Waals surface area contributed by atoms with Crippen molar-refractivity contribution in [1.29, 1.82) is 0 Å². The monoisotopic (exact) mass is 530 g/mol. The van der Waals surface area contributed by atoms with Gasteiger partial charge in [0.05, 0.1) is 11.1 Å². The van der Waals surface area contributed by atoms with Gasteiger partial charge in [-0.05, 0) is 36.4 Å². The molecule has 194 valence electrons. The lowest BCUT2D eigenvalue weighted by atomic mass is 10.2. The number of nitrogens with zero attached hydrogens (tertiary/aromatic N) is 6. The molecule has 13 heteroatoms. The summed E-state index contributed by atoms with van der Waals surface area (Å²) in [4.78, 5) is 28.3. The van der Waals surface area contributed by atoms with E-state index in [1.54, 1.807) is 30.3 Å². The number of imidazole rings is 1. The van der Waals surface area contributed by atoms with Crippen LogP contribution in [0.4, 0.5) is 32.2 Å². The Kier molecular flexibility index (Phi) is 6.13. The van der Waals surface area contributed by atoms with Gasteiger partial charge >= 0.3 is 12.4 Å². The second-order valence-electron chi connectivity index (χ2n) is 8.12. The highest BCUT2D eigenvalue weighted by molar-refractivity contribution is 5.95. The van der Waals surface area contributed by atoms with E-state index >= 15 is 0 Å². The molecule has 0 fully saturated rings. The fourth-order valence-electron chi connectivity index (χ4n) is 3.90. The molecule has 4 heterocycles. The van der Waals surface area contributed by atoms with Crippen LogP contribution < -0.4 is 4.90 Å². The zero-order valence-electron chi connectivity index (χ0n) is 19.1. The van der Waals surface area contributed by atoms with E-state index in [2.05, 4.69) is 15.0 Å². The molecule has 7 nitrogen and oxygen atoms in total. The first kappa shape index (κ1) is 25.0. The fraction of sp³-hybridized carbons (Fsp3) is 0.120. The van der Waals surface area contributed by atoms with Crippen molar-refractivity contribution in [3.05, 3.63) is 114 Å². The van der Waals surface area contributed by atoms with Crippen LogP contribution in [-0.2, 0) is 12.4 Å². The van der Waals surface area contributed by atoms with Gasteiger partial charge in [-0.1, -0.05) is 18.2 Å². The first-order valence-electron chi connectivity index (χ1n) is 11.0. The maximum atomic E-state index is 13.4. The number of benzene rings is 1. The molecular weight excluding hydrogens is 514 g/mol. The topological polar surface area (TPSA) is 67.2 Å². The van der Waals surface area contributed by atoms with E-state index in [4.69, 9.17) is 0 Å². The molecule has 1 atom stereocenters. The summed E-state index contributed by atoms with van der Waals surface area (Å²) in [7, 11) is 0. The van der Waals surface area contributed by atoms with Gasteiger partial charge in [-0.3, -0.25) is 14.3 Å². The van der Waals surface area contributed by atoms with Gasteiger partial charge in [0.15, 0.2) is 12.0 Å². The van der Waals surface area contributed by atoms with E-state index in [0.717, 1.165) is 24.3 Å². The Hall–Kier alpha value is -4.68. The molecule has 0 saturated carbocycles. The van der Waals surface area contributed by atoms with Crippen LogP contribution in [0.1, 0.15) is 33.5 Å². The zero-order chi connectivity index (χ0) is 27.1. The highest BCUT2D eigenvalue weighted by atomic mass is 19.4. The van der Waals surface area contributed by atoms with Crippen LogP contribution >= 0.6 is 0 Å². The van der Waals surface area contributed by atoms with Crippen molar-refractivity contribution >= 4 is 11.7 Å². The molecule has 3 aromatic heterocycles. The van der Waals surface area contributed by atoms with Crippen LogP contribution in [0, 0.1) is 0 Å². The molecule has 1 aliphatic heterocycles. The second-order valence-corrected chi connectivity index (χ2v) is 8.12. The van der Waals surface area contributed by atoms with Gasteiger partial charge in [0.25, 0.3) is 5.91 Å². The first-order chi connectivity index (χ1) is 18.0. The summed E-state index contributed by atoms with van der Waals surface area (Å²) in [5.41, 5.74) is -1.56. The van der Waals surface area contributed by atoms with Crippen LogP contribution in [0.25, 0.3) is 5.82 Å². The number of carbonyl (C=O) groups excluding carboxylic acids is 1. The number of rotatable bonds is 4. The van der Waals surface area contributed by atoms with Crippen molar-refractivity contribution in [2.75, 3.05) is 4.90 Å². The number of amides is 1. The summed E-state index contributed by atoms with van der Waals surface area (Å²) in [5.74, 6) is -0.119. The van der Waals surface area contributed by atoms with Crippen LogP contribution in [0.15, 0.2) is 91.8 Å². The summed E-state index contributed by atoms with van der Waals surface area (Å²) < 4.78 is 79.7. The van der Waals surface area contributed by atoms with Gasteiger partial charge in [0, 0.05) is 42.8 Å². The third kappa shape index (κ3) is 4.69. The summed E-state index contributed by atoms with van der Waals surface area (Å²) in [6.45, 7) is 0. The van der Waals surface area contributed by atoms with Gasteiger partial charge in [0.2, 0.25) is 0 Å². The van der Waals surface area contributed by atoms with E-state index < -0.39 is 35.6 Å². The third-order valence-corrected chi connectivity index (χ3v) is 5.73. The molecule has 0 saturated heterocycles. The molecule has 0 radical (unpaired) electrons. The van der Waals surface area contributed by atoms with Gasteiger partial charge in [0.1, 0.15) is 11.6 Å². The Labute approximate surface area is 211 Å². The number of halogens is 6. The number of hydrogen-bond donors (Lipinski definition) is 0. The molecule has 4 aromatic rings. The third-order valence-electron chi connectivity index (χ3n) is 5.73. The highest BCUT2D eigenvalue weighted by Crippen LogP contribution is 2.37. The minimum absolute atomic E-state index is 0.0811. The first-order valence-corrected chi connectivity index (χ1v) is 11.0. The van der Waals surface area contributed by atoms with Crippen molar-refractivity contribution in [3.63, 3.8) is 0 Å². The zero-order valence-corrected chi connectivity index (χ0v) is 19.1. The van der Waals surface area contributed by atoms with E-state index in [1.165, 1.54) is 39.2 Å². The summed E-state index contributed by atoms with van der Waals surface area (Å²) in [5, 5.41) is 0. The Bertz CT molecular complexity index is 1460. The highest BCUT2D eigenvalue weighted by Gasteiger charge is 2.38. The lowest BCUT2D eigenvalue weighted by molar-refractivity contribution is -0.138. The number of aromatic nitrogens is 4. The lowest BCUT2D eigenvalue weighted by Gasteiger charge is -2.31. The Balaban J connectivity index is 1.57. The van der Waals surface area contributed by atoms with Crippen LogP contribution in [0.5, 0.6) is 0 Å². The molecular formula is C25H16F6N6O. The SMILES string of the molecule is O=C(c1ccccc1)N1C=CN(c2ccc(C(F)(F)F)cn2)C1c1nccn1-c1ccc(C(F)(F)F)cn1. The molecule has 1 aromatic carbocycles. The summed E-state index contributed by atoms with van der Waals surface area (Å²) in [6, 6.07) is 12.3. The van der Waals surface area contributed by atoms with Gasteiger partial charge in [-0.25, -0.2) is 15.0 Å². The quantitative estimate of drug-likeness (QED) is 0.311. The van der Waals surface area contributed by atoms with Gasteiger partial charge in [-0.15, -0.1) is 0 Å². The van der Waals surface area contributed by atoms with E-state index in [9.17, 15) is 31.1 Å². The number of hydrogen-bond acceptors (Lipinski definition) is 5. The van der Waals surface area contributed by atoms with Crippen molar-refractivity contribution in [2.45, 2.75) is 18.5 Å². The number of pyridine rings is 2. The van der Waals surface area contributed by atoms with Gasteiger partial charge in [-0.2, -0.15) is 26.3 Å². The maximum absolute atomic E-state index is 13.4. The van der Waals surface area contributed by atoms with Crippen molar-refractivity contribution in [2.24, 2.45) is 0 Å². The molecule has 0 bridgehead atoms. The van der Waals surface area contributed by atoms with Crippen molar-refractivity contribution < 1.29 is 31.1 Å². The average molecular weight is 530 g/mol. The number of alkyl halides is 6. The maximum Gasteiger partial charge on any atom is 0.417 e. The molecule has 0 spiro atoms. The molecule has 1 amide bonds. The largest absolute Gasteiger partial charge is 0.417 e. The van der Waals surface area contributed by atoms with Crippen molar-refractivity contribution in [1.82, 2.24) is 24.4 Å². The number of anilines is 1. The smallest absolute Gasteiger partial charge is 0.303 e. The molecule has 5 rings (SSSR count). The van der Waals surface area contributed by atoms with E-state index in [0.29, 0.717) is 18.0 Å². The minimum Gasteiger partial charge on any atom is -0.303 e. The fourth-order valence-corrected chi connectivity index (χ4v) is 3.90. The van der Waals surface area contributed by atoms with E-state index in [1.807, 2.05) is 0 Å². The van der Waals surface area contributed by atoms with Crippen LogP contribution in [-0.4, -0.2) is 30.3 Å². The molecule has 38 heavy (non-hydrogen) atoms. The Morgan fingerprint density at radius 2 is 1.34 bits per heavy atom. The van der Waals surface area contributed by atoms with Crippen LogP contribution in [0.3, 0.4) is 0 Å². The predicted molar refractivity (Wildman–Crippen MR) is 123 cm³/mol. The van der Waals surface area contributed by atoms with E-state index in [-0.39, 0.29) is 17.5 Å². The minimum atomic E-state index is -4.59. The normalized spacial score (nSPS) is 15.8. The molecule has 1 unspecified atom stereocenters. The molecule has 0 N–H and O–H groups in total. The lowest BCUT2D eigenvalue weighted by Crippen LogP contribution is -2.37. The van der Waals surface area contributed by atoms with Crippen molar-refractivity contribution in [3.8, 4) is 5.82 Å².